The van der Waals surface area contributed by atoms with Gasteiger partial charge in [-0.05, 0) is 71.8 Å². The predicted octanol–water partition coefficient (Wildman–Crippen LogP) is 9.72. The highest BCUT2D eigenvalue weighted by molar-refractivity contribution is 5.84. The number of para-hydroxylation sites is 4. The first-order valence-corrected chi connectivity index (χ1v) is 13.9. The summed E-state index contributed by atoms with van der Waals surface area (Å²) in [7, 11) is 0. The van der Waals surface area contributed by atoms with E-state index in [4.69, 9.17) is 9.97 Å². The monoisotopic (exact) mass is 530 g/mol. The molecule has 4 aromatic carbocycles. The van der Waals surface area contributed by atoms with Crippen LogP contribution < -0.4 is 9.80 Å². The van der Waals surface area contributed by atoms with Gasteiger partial charge in [-0.15, -0.1) is 0 Å². The minimum Gasteiger partial charge on any atom is -0.309 e. The summed E-state index contributed by atoms with van der Waals surface area (Å²) in [4.78, 5) is 14.6. The molecule has 6 aromatic rings. The van der Waals surface area contributed by atoms with Crippen molar-refractivity contribution in [1.29, 1.82) is 0 Å². The Bertz CT molecular complexity index is 1590. The van der Waals surface area contributed by atoms with Gasteiger partial charge in [0.2, 0.25) is 0 Å². The van der Waals surface area contributed by atoms with E-state index in [0.717, 1.165) is 45.5 Å². The normalized spacial score (nSPS) is 12.8. The molecule has 1 aliphatic carbocycles. The summed E-state index contributed by atoms with van der Waals surface area (Å²) >= 11 is 0. The molecule has 0 atom stereocenters. The number of nitrogens with zero attached hydrogens (tertiary/aromatic N) is 4. The Morgan fingerprint density at radius 3 is 1.00 bits per heavy atom. The zero-order valence-electron chi connectivity index (χ0n) is 23.1. The maximum absolute atomic E-state index is 5.04. The van der Waals surface area contributed by atoms with E-state index in [9.17, 15) is 0 Å². The zero-order valence-corrected chi connectivity index (χ0v) is 23.1. The fourth-order valence-electron chi connectivity index (χ4n) is 5.83. The molecule has 0 bridgehead atoms. The van der Waals surface area contributed by atoms with E-state index in [-0.39, 0.29) is 5.41 Å². The minimum atomic E-state index is -0.283. The number of benzene rings is 4. The van der Waals surface area contributed by atoms with Crippen LogP contribution in [0.15, 0.2) is 146 Å². The minimum absolute atomic E-state index is 0.283. The lowest BCUT2D eigenvalue weighted by molar-refractivity contribution is 0.658. The number of hydrogen-bond acceptors (Lipinski definition) is 4. The zero-order chi connectivity index (χ0) is 27.8. The highest BCUT2D eigenvalue weighted by Gasteiger charge is 2.39. The molecule has 0 N–H and O–H groups in total. The van der Waals surface area contributed by atoms with E-state index in [0.29, 0.717) is 0 Å². The second-order valence-electron chi connectivity index (χ2n) is 10.8. The Kier molecular flexibility index (Phi) is 6.09. The third-order valence-corrected chi connectivity index (χ3v) is 7.89. The fraction of sp³-hybridized carbons (Fsp3) is 0.0811. The van der Waals surface area contributed by atoms with Crippen molar-refractivity contribution in [2.75, 3.05) is 9.80 Å². The molecule has 0 aliphatic heterocycles. The maximum atomic E-state index is 5.04. The highest BCUT2D eigenvalue weighted by atomic mass is 15.2. The van der Waals surface area contributed by atoms with Gasteiger partial charge in [0.15, 0.2) is 0 Å². The Balaban J connectivity index is 1.34. The highest BCUT2D eigenvalue weighted by Crippen LogP contribution is 2.50. The molecular formula is C37H30N4. The number of hydrogen-bond donors (Lipinski definition) is 0. The number of pyridine rings is 2. The van der Waals surface area contributed by atoms with Crippen molar-refractivity contribution in [1.82, 2.24) is 9.97 Å². The molecule has 198 valence electrons. The van der Waals surface area contributed by atoms with Gasteiger partial charge in [0.25, 0.3) is 0 Å². The van der Waals surface area contributed by atoms with E-state index in [1.807, 2.05) is 36.7 Å². The third-order valence-electron chi connectivity index (χ3n) is 7.89. The van der Waals surface area contributed by atoms with Crippen molar-refractivity contribution < 1.29 is 0 Å². The maximum Gasteiger partial charge on any atom is 0.0931 e. The number of rotatable bonds is 6. The molecule has 0 unspecified atom stereocenters. The van der Waals surface area contributed by atoms with E-state index in [1.165, 1.54) is 11.1 Å². The Morgan fingerprint density at radius 2 is 0.707 bits per heavy atom. The van der Waals surface area contributed by atoms with E-state index in [1.54, 1.807) is 0 Å². The Morgan fingerprint density at radius 1 is 0.415 bits per heavy atom. The summed E-state index contributed by atoms with van der Waals surface area (Å²) in [5.74, 6) is 0. The van der Waals surface area contributed by atoms with Gasteiger partial charge in [-0.3, -0.25) is 9.97 Å². The molecule has 0 saturated heterocycles. The summed E-state index contributed by atoms with van der Waals surface area (Å²) in [6.07, 6.45) is 3.94. The molecule has 0 amide bonds. The molecule has 0 radical (unpaired) electrons. The van der Waals surface area contributed by atoms with Crippen LogP contribution in [0.3, 0.4) is 0 Å². The average molecular weight is 531 g/mol. The van der Waals surface area contributed by atoms with E-state index in [2.05, 4.69) is 133 Å². The molecule has 4 heteroatoms. The van der Waals surface area contributed by atoms with Gasteiger partial charge < -0.3 is 9.80 Å². The largest absolute Gasteiger partial charge is 0.309 e. The van der Waals surface area contributed by atoms with Crippen molar-refractivity contribution in [3.8, 4) is 11.4 Å². The summed E-state index contributed by atoms with van der Waals surface area (Å²) in [5.41, 5.74) is 10.4. The molecule has 2 heterocycles. The van der Waals surface area contributed by atoms with Gasteiger partial charge in [0.1, 0.15) is 0 Å². The number of aromatic nitrogens is 2. The van der Waals surface area contributed by atoms with Crippen LogP contribution >= 0.6 is 0 Å². The first-order chi connectivity index (χ1) is 20.1. The van der Waals surface area contributed by atoms with Crippen molar-refractivity contribution in [3.63, 3.8) is 0 Å². The van der Waals surface area contributed by atoms with E-state index >= 15 is 0 Å². The lowest BCUT2D eigenvalue weighted by Gasteiger charge is -2.28. The molecule has 7 rings (SSSR count). The second kappa shape index (κ2) is 10.1. The SMILES string of the molecule is CC1(C)c2cc(N(c3ccccc3)c3ccccc3)cnc2-c2ncc(N(c3ccccc3)c3ccccc3)cc21. The summed E-state index contributed by atoms with van der Waals surface area (Å²) < 4.78 is 0. The van der Waals surface area contributed by atoms with Crippen molar-refractivity contribution >= 4 is 34.1 Å². The first kappa shape index (κ1) is 24.8. The summed E-state index contributed by atoms with van der Waals surface area (Å²) in [6.45, 7) is 4.55. The summed E-state index contributed by atoms with van der Waals surface area (Å²) in [6, 6.07) is 46.4. The second-order valence-corrected chi connectivity index (χ2v) is 10.8. The molecule has 0 fully saturated rings. The lowest BCUT2D eigenvalue weighted by Crippen LogP contribution is -2.18. The first-order valence-electron chi connectivity index (χ1n) is 13.9. The van der Waals surface area contributed by atoms with Crippen LogP contribution in [-0.4, -0.2) is 9.97 Å². The molecule has 0 saturated carbocycles. The van der Waals surface area contributed by atoms with Crippen LogP contribution in [0.4, 0.5) is 34.1 Å². The molecule has 2 aromatic heterocycles. The van der Waals surface area contributed by atoms with Gasteiger partial charge >= 0.3 is 0 Å². The van der Waals surface area contributed by atoms with Crippen LogP contribution in [0.1, 0.15) is 25.0 Å². The van der Waals surface area contributed by atoms with Crippen molar-refractivity contribution in [3.05, 3.63) is 157 Å². The van der Waals surface area contributed by atoms with Crippen LogP contribution in [0.2, 0.25) is 0 Å². The predicted molar refractivity (Wildman–Crippen MR) is 169 cm³/mol. The third kappa shape index (κ3) is 4.34. The molecule has 41 heavy (non-hydrogen) atoms. The van der Waals surface area contributed by atoms with Gasteiger partial charge in [-0.2, -0.15) is 0 Å². The fourth-order valence-corrected chi connectivity index (χ4v) is 5.83. The molecule has 4 nitrogen and oxygen atoms in total. The van der Waals surface area contributed by atoms with Gasteiger partial charge in [0.05, 0.1) is 35.2 Å². The molecule has 1 aliphatic rings. The van der Waals surface area contributed by atoms with Crippen molar-refractivity contribution in [2.24, 2.45) is 0 Å². The van der Waals surface area contributed by atoms with Crippen molar-refractivity contribution in [2.45, 2.75) is 19.3 Å². The van der Waals surface area contributed by atoms with Crippen LogP contribution in [-0.2, 0) is 5.41 Å². The Labute approximate surface area is 241 Å². The molecular weight excluding hydrogens is 500 g/mol. The number of fused-ring (bicyclic) bond motifs is 3. The number of anilines is 6. The standard InChI is InChI=1S/C37H30N4/c1-37(2)33-23-31(40(27-15-7-3-8-16-27)28-17-9-4-10-18-28)25-38-35(33)36-34(37)24-32(26-39-36)41(29-19-11-5-12-20-29)30-21-13-6-14-22-30/h3-26H,1-2H3. The topological polar surface area (TPSA) is 32.3 Å². The van der Waals surface area contributed by atoms with Crippen LogP contribution in [0.5, 0.6) is 0 Å². The Hall–Kier alpha value is -5.22. The lowest BCUT2D eigenvalue weighted by atomic mass is 9.83. The van der Waals surface area contributed by atoms with Crippen LogP contribution in [0, 0.1) is 0 Å². The van der Waals surface area contributed by atoms with Gasteiger partial charge in [-0.1, -0.05) is 86.6 Å². The van der Waals surface area contributed by atoms with Gasteiger partial charge in [-0.25, -0.2) is 0 Å². The quantitative estimate of drug-likeness (QED) is 0.215. The molecule has 0 spiro atoms. The smallest absolute Gasteiger partial charge is 0.0931 e. The summed E-state index contributed by atoms with van der Waals surface area (Å²) in [5, 5.41) is 0. The van der Waals surface area contributed by atoms with Crippen LogP contribution in [0.25, 0.3) is 11.4 Å². The van der Waals surface area contributed by atoms with E-state index < -0.39 is 0 Å². The average Bonchev–Trinajstić information content (AvgIpc) is 3.25. The van der Waals surface area contributed by atoms with Gasteiger partial charge in [0, 0.05) is 28.2 Å².